The lowest BCUT2D eigenvalue weighted by molar-refractivity contribution is 0.281. The van der Waals surface area contributed by atoms with Crippen LogP contribution in [0.2, 0.25) is 0 Å². The van der Waals surface area contributed by atoms with Crippen molar-refractivity contribution in [1.82, 2.24) is 0 Å². The minimum absolute atomic E-state index is 0.0163. The van der Waals surface area contributed by atoms with Crippen LogP contribution in [-0.4, -0.2) is 5.11 Å². The molecule has 1 nitrogen and oxygen atoms in total. The van der Waals surface area contributed by atoms with E-state index in [0.29, 0.717) is 18.8 Å². The fraction of sp³-hybridized carbons (Fsp3) is 0.778. The summed E-state index contributed by atoms with van der Waals surface area (Å²) in [6.07, 6.45) is 4.14. The first-order valence-corrected chi connectivity index (χ1v) is 4.30. The zero-order chi connectivity index (χ0) is 8.27. The van der Waals surface area contributed by atoms with Crippen molar-refractivity contribution < 1.29 is 9.50 Å². The molecule has 1 N–H and O–H groups in total. The Morgan fingerprint density at radius 1 is 1.64 bits per heavy atom. The van der Waals surface area contributed by atoms with Gasteiger partial charge < -0.3 is 5.11 Å². The monoisotopic (exact) mass is 158 g/mol. The van der Waals surface area contributed by atoms with E-state index in [9.17, 15) is 4.39 Å². The fourth-order valence-electron chi connectivity index (χ4n) is 1.60. The summed E-state index contributed by atoms with van der Waals surface area (Å²) in [6.45, 7) is 2.11. The Bertz CT molecular complexity index is 163. The third-order valence-electron chi connectivity index (χ3n) is 2.27. The molecular formula is C9H15FO. The molecule has 1 atom stereocenters. The van der Waals surface area contributed by atoms with Crippen molar-refractivity contribution in [3.8, 4) is 0 Å². The molecule has 0 radical (unpaired) electrons. The average Bonchev–Trinajstić information content (AvgIpc) is 1.98. The van der Waals surface area contributed by atoms with Gasteiger partial charge >= 0.3 is 0 Å². The van der Waals surface area contributed by atoms with Crippen LogP contribution in [0.5, 0.6) is 0 Å². The van der Waals surface area contributed by atoms with E-state index in [0.717, 1.165) is 19.3 Å². The molecular weight excluding hydrogens is 143 g/mol. The highest BCUT2D eigenvalue weighted by Gasteiger charge is 2.19. The zero-order valence-electron chi connectivity index (χ0n) is 6.94. The van der Waals surface area contributed by atoms with Crippen LogP contribution in [-0.2, 0) is 0 Å². The third-order valence-corrected chi connectivity index (χ3v) is 2.27. The molecule has 0 saturated carbocycles. The second-order valence-electron chi connectivity index (χ2n) is 3.25. The second kappa shape index (κ2) is 3.74. The summed E-state index contributed by atoms with van der Waals surface area (Å²) in [7, 11) is 0. The van der Waals surface area contributed by atoms with Gasteiger partial charge in [-0.1, -0.05) is 19.8 Å². The van der Waals surface area contributed by atoms with Crippen LogP contribution in [0.4, 0.5) is 4.39 Å². The molecule has 64 valence electrons. The maximum Gasteiger partial charge on any atom is 0.137 e. The number of aliphatic hydroxyl groups excluding tert-OH is 1. The summed E-state index contributed by atoms with van der Waals surface area (Å²) in [5.74, 6) is 0.169. The fourth-order valence-corrected chi connectivity index (χ4v) is 1.60. The number of rotatable bonds is 2. The van der Waals surface area contributed by atoms with Crippen molar-refractivity contribution in [2.24, 2.45) is 5.92 Å². The maximum atomic E-state index is 12.8. The first kappa shape index (κ1) is 8.57. The van der Waals surface area contributed by atoms with E-state index in [4.69, 9.17) is 5.11 Å². The van der Waals surface area contributed by atoms with E-state index in [1.54, 1.807) is 0 Å². The molecule has 0 aromatic rings. The minimum atomic E-state index is -0.283. The summed E-state index contributed by atoms with van der Waals surface area (Å²) < 4.78 is 12.8. The third kappa shape index (κ3) is 2.21. The van der Waals surface area contributed by atoms with Gasteiger partial charge in [-0.25, -0.2) is 4.39 Å². The van der Waals surface area contributed by atoms with E-state index >= 15 is 0 Å². The van der Waals surface area contributed by atoms with Gasteiger partial charge in [0.2, 0.25) is 0 Å². The SMILES string of the molecule is CCCC1CCC(O)=C(F)C1. The van der Waals surface area contributed by atoms with Crippen LogP contribution in [0.15, 0.2) is 11.6 Å². The van der Waals surface area contributed by atoms with Crippen LogP contribution in [0.1, 0.15) is 39.0 Å². The van der Waals surface area contributed by atoms with Crippen LogP contribution in [0.3, 0.4) is 0 Å². The summed E-state index contributed by atoms with van der Waals surface area (Å²) in [6, 6.07) is 0. The summed E-state index contributed by atoms with van der Waals surface area (Å²) in [5.41, 5.74) is 0. The summed E-state index contributed by atoms with van der Waals surface area (Å²) in [4.78, 5) is 0. The molecule has 0 fully saturated rings. The topological polar surface area (TPSA) is 20.2 Å². The number of hydrogen-bond acceptors (Lipinski definition) is 1. The predicted molar refractivity (Wildman–Crippen MR) is 43.0 cm³/mol. The van der Waals surface area contributed by atoms with Gasteiger partial charge in [0, 0.05) is 12.8 Å². The second-order valence-corrected chi connectivity index (χ2v) is 3.25. The molecule has 1 unspecified atom stereocenters. The Morgan fingerprint density at radius 2 is 2.36 bits per heavy atom. The lowest BCUT2D eigenvalue weighted by Crippen LogP contribution is -2.08. The molecule has 2 heteroatoms. The van der Waals surface area contributed by atoms with E-state index < -0.39 is 0 Å². The zero-order valence-corrected chi connectivity index (χ0v) is 6.94. The lowest BCUT2D eigenvalue weighted by atomic mass is 9.89. The molecule has 1 aliphatic carbocycles. The van der Waals surface area contributed by atoms with E-state index in [1.165, 1.54) is 0 Å². The molecule has 1 aliphatic rings. The standard InChI is InChI=1S/C9H15FO/c1-2-3-7-4-5-9(11)8(10)6-7/h7,11H,2-6H2,1H3. The Hall–Kier alpha value is -0.530. The Labute approximate surface area is 66.9 Å². The highest BCUT2D eigenvalue weighted by Crippen LogP contribution is 2.31. The lowest BCUT2D eigenvalue weighted by Gasteiger charge is -2.19. The van der Waals surface area contributed by atoms with E-state index in [1.807, 2.05) is 0 Å². The van der Waals surface area contributed by atoms with Crippen LogP contribution < -0.4 is 0 Å². The Morgan fingerprint density at radius 3 is 2.91 bits per heavy atom. The molecule has 0 aromatic carbocycles. The minimum Gasteiger partial charge on any atom is -0.510 e. The van der Waals surface area contributed by atoms with Gasteiger partial charge in [-0.05, 0) is 12.3 Å². The molecule has 0 bridgehead atoms. The van der Waals surface area contributed by atoms with Crippen LogP contribution >= 0.6 is 0 Å². The molecule has 0 amide bonds. The maximum absolute atomic E-state index is 12.8. The van der Waals surface area contributed by atoms with Gasteiger partial charge in [-0.2, -0.15) is 0 Å². The highest BCUT2D eigenvalue weighted by molar-refractivity contribution is 5.04. The predicted octanol–water partition coefficient (Wildman–Crippen LogP) is 3.33. The Kier molecular flexibility index (Phi) is 2.92. The molecule has 1 rings (SSSR count). The van der Waals surface area contributed by atoms with Gasteiger partial charge in [0.25, 0.3) is 0 Å². The largest absolute Gasteiger partial charge is 0.510 e. The van der Waals surface area contributed by atoms with Gasteiger partial charge in [-0.15, -0.1) is 0 Å². The van der Waals surface area contributed by atoms with E-state index in [-0.39, 0.29) is 11.6 Å². The molecule has 0 saturated heterocycles. The number of aliphatic hydroxyl groups is 1. The van der Waals surface area contributed by atoms with Crippen molar-refractivity contribution in [2.45, 2.75) is 39.0 Å². The van der Waals surface area contributed by atoms with E-state index in [2.05, 4.69) is 6.92 Å². The molecule has 0 spiro atoms. The summed E-state index contributed by atoms with van der Waals surface area (Å²) >= 11 is 0. The van der Waals surface area contributed by atoms with Crippen LogP contribution in [0, 0.1) is 5.92 Å². The van der Waals surface area contributed by atoms with Crippen molar-refractivity contribution in [1.29, 1.82) is 0 Å². The van der Waals surface area contributed by atoms with Crippen molar-refractivity contribution in [2.75, 3.05) is 0 Å². The quantitative estimate of drug-likeness (QED) is 0.653. The van der Waals surface area contributed by atoms with Gasteiger partial charge in [0.05, 0.1) is 0 Å². The number of allylic oxidation sites excluding steroid dienone is 2. The smallest absolute Gasteiger partial charge is 0.137 e. The van der Waals surface area contributed by atoms with Gasteiger partial charge in [0.15, 0.2) is 0 Å². The summed E-state index contributed by atoms with van der Waals surface area (Å²) in [5, 5.41) is 8.97. The first-order chi connectivity index (χ1) is 5.24. The molecule has 0 aromatic heterocycles. The Balaban J connectivity index is 2.44. The van der Waals surface area contributed by atoms with Crippen molar-refractivity contribution >= 4 is 0 Å². The van der Waals surface area contributed by atoms with Gasteiger partial charge in [0.1, 0.15) is 11.6 Å². The highest BCUT2D eigenvalue weighted by atomic mass is 19.1. The number of halogens is 1. The number of hydrogen-bond donors (Lipinski definition) is 1. The molecule has 0 aliphatic heterocycles. The van der Waals surface area contributed by atoms with Gasteiger partial charge in [-0.3, -0.25) is 0 Å². The van der Waals surface area contributed by atoms with Crippen molar-refractivity contribution in [3.05, 3.63) is 11.6 Å². The average molecular weight is 158 g/mol. The molecule has 11 heavy (non-hydrogen) atoms. The first-order valence-electron chi connectivity index (χ1n) is 4.30. The van der Waals surface area contributed by atoms with Crippen molar-refractivity contribution in [3.63, 3.8) is 0 Å². The van der Waals surface area contributed by atoms with Crippen LogP contribution in [0.25, 0.3) is 0 Å². The molecule has 0 heterocycles. The normalized spacial score (nSPS) is 25.8.